The number of hydrazone groups is 1. The second-order valence-electron chi connectivity index (χ2n) is 7.38. The third kappa shape index (κ3) is 5.07. The molecule has 6 nitrogen and oxygen atoms in total. The van der Waals surface area contributed by atoms with E-state index in [1.54, 1.807) is 49.6 Å². The van der Waals surface area contributed by atoms with Crippen LogP contribution >= 0.6 is 0 Å². The monoisotopic (exact) mass is 438 g/mol. The van der Waals surface area contributed by atoms with Crippen LogP contribution in [0.15, 0.2) is 90.0 Å². The maximum Gasteiger partial charge on any atom is 0.343 e. The normalized spacial score (nSPS) is 10.8. The Morgan fingerprint density at radius 1 is 0.848 bits per heavy atom. The summed E-state index contributed by atoms with van der Waals surface area (Å²) in [5.74, 6) is 0.145. The van der Waals surface area contributed by atoms with Crippen LogP contribution in [0, 0.1) is 6.92 Å². The number of rotatable bonds is 6. The molecule has 0 saturated carbocycles. The first-order valence-corrected chi connectivity index (χ1v) is 10.3. The molecule has 164 valence electrons. The Hall–Kier alpha value is -4.45. The molecule has 4 aromatic carbocycles. The Balaban J connectivity index is 1.60. The smallest absolute Gasteiger partial charge is 0.343 e. The second kappa shape index (κ2) is 9.78. The lowest BCUT2D eigenvalue weighted by Crippen LogP contribution is -2.17. The van der Waals surface area contributed by atoms with Crippen molar-refractivity contribution in [3.05, 3.63) is 107 Å². The van der Waals surface area contributed by atoms with Crippen molar-refractivity contribution in [1.29, 1.82) is 0 Å². The summed E-state index contributed by atoms with van der Waals surface area (Å²) in [7, 11) is 1.56. The SMILES string of the molecule is COc1ccc(C(=O)Oc2ccc3ccccc3c2/C=N/NC(=O)c2ccc(C)cc2)cc1. The summed E-state index contributed by atoms with van der Waals surface area (Å²) in [6.07, 6.45) is 1.49. The Morgan fingerprint density at radius 3 is 2.27 bits per heavy atom. The first kappa shape index (κ1) is 21.8. The van der Waals surface area contributed by atoms with Gasteiger partial charge in [-0.3, -0.25) is 4.79 Å². The zero-order chi connectivity index (χ0) is 23.2. The highest BCUT2D eigenvalue weighted by Gasteiger charge is 2.14. The molecule has 0 atom stereocenters. The quantitative estimate of drug-likeness (QED) is 0.196. The molecule has 0 aliphatic heterocycles. The number of methoxy groups -OCH3 is 1. The first-order chi connectivity index (χ1) is 16.0. The molecule has 1 N–H and O–H groups in total. The lowest BCUT2D eigenvalue weighted by atomic mass is 10.0. The van der Waals surface area contributed by atoms with E-state index in [1.165, 1.54) is 6.21 Å². The molecule has 4 aromatic rings. The zero-order valence-corrected chi connectivity index (χ0v) is 18.2. The minimum absolute atomic E-state index is 0.330. The summed E-state index contributed by atoms with van der Waals surface area (Å²) in [4.78, 5) is 25.1. The highest BCUT2D eigenvalue weighted by Crippen LogP contribution is 2.27. The van der Waals surface area contributed by atoms with Crippen molar-refractivity contribution in [1.82, 2.24) is 5.43 Å². The summed E-state index contributed by atoms with van der Waals surface area (Å²) >= 11 is 0. The standard InChI is InChI=1S/C27H22N2O4/c1-18-7-9-20(10-8-18)26(30)29-28-17-24-23-6-4-3-5-19(23)13-16-25(24)33-27(31)21-11-14-22(32-2)15-12-21/h3-17H,1-2H3,(H,29,30)/b28-17+. The number of hydrogen-bond acceptors (Lipinski definition) is 5. The Kier molecular flexibility index (Phi) is 6.45. The van der Waals surface area contributed by atoms with Crippen LogP contribution < -0.4 is 14.9 Å². The van der Waals surface area contributed by atoms with E-state index < -0.39 is 5.97 Å². The van der Waals surface area contributed by atoms with Gasteiger partial charge in [-0.25, -0.2) is 10.2 Å². The number of fused-ring (bicyclic) bond motifs is 1. The fraction of sp³-hybridized carbons (Fsp3) is 0.0741. The van der Waals surface area contributed by atoms with Gasteiger partial charge >= 0.3 is 5.97 Å². The van der Waals surface area contributed by atoms with E-state index in [4.69, 9.17) is 9.47 Å². The molecular formula is C27H22N2O4. The molecule has 33 heavy (non-hydrogen) atoms. The molecule has 0 radical (unpaired) electrons. The molecule has 0 saturated heterocycles. The predicted molar refractivity (Wildman–Crippen MR) is 128 cm³/mol. The van der Waals surface area contributed by atoms with Crippen LogP contribution in [0.25, 0.3) is 10.8 Å². The van der Waals surface area contributed by atoms with Gasteiger partial charge in [0.2, 0.25) is 0 Å². The van der Waals surface area contributed by atoms with Gasteiger partial charge in [0, 0.05) is 11.1 Å². The average molecular weight is 438 g/mol. The van der Waals surface area contributed by atoms with Crippen LogP contribution in [0.3, 0.4) is 0 Å². The summed E-state index contributed by atoms with van der Waals surface area (Å²) < 4.78 is 10.8. The fourth-order valence-corrected chi connectivity index (χ4v) is 3.31. The summed E-state index contributed by atoms with van der Waals surface area (Å²) in [5, 5.41) is 5.91. The van der Waals surface area contributed by atoms with Crippen LogP contribution in [-0.4, -0.2) is 25.2 Å². The van der Waals surface area contributed by atoms with Crippen LogP contribution in [0.1, 0.15) is 31.8 Å². The zero-order valence-electron chi connectivity index (χ0n) is 18.2. The van der Waals surface area contributed by atoms with Crippen molar-refractivity contribution in [2.45, 2.75) is 6.92 Å². The van der Waals surface area contributed by atoms with Gasteiger partial charge < -0.3 is 9.47 Å². The van der Waals surface area contributed by atoms with Crippen molar-refractivity contribution >= 4 is 28.9 Å². The topological polar surface area (TPSA) is 77.0 Å². The van der Waals surface area contributed by atoms with E-state index in [1.807, 2.05) is 49.4 Å². The summed E-state index contributed by atoms with van der Waals surface area (Å²) in [6, 6.07) is 25.1. The van der Waals surface area contributed by atoms with E-state index in [9.17, 15) is 9.59 Å². The maximum absolute atomic E-state index is 12.7. The highest BCUT2D eigenvalue weighted by molar-refractivity contribution is 6.04. The van der Waals surface area contributed by atoms with Gasteiger partial charge in [-0.15, -0.1) is 0 Å². The molecular weight excluding hydrogens is 416 g/mol. The van der Waals surface area contributed by atoms with E-state index in [2.05, 4.69) is 10.5 Å². The number of hydrogen-bond donors (Lipinski definition) is 1. The van der Waals surface area contributed by atoms with Crippen LogP contribution in [0.4, 0.5) is 0 Å². The largest absolute Gasteiger partial charge is 0.497 e. The molecule has 0 aliphatic rings. The van der Waals surface area contributed by atoms with Crippen molar-refractivity contribution in [2.24, 2.45) is 5.10 Å². The maximum atomic E-state index is 12.7. The molecule has 6 heteroatoms. The Morgan fingerprint density at radius 2 is 1.55 bits per heavy atom. The molecule has 0 heterocycles. The Labute approximate surface area is 191 Å². The number of amides is 1. The minimum Gasteiger partial charge on any atom is -0.497 e. The predicted octanol–water partition coefficient (Wildman–Crippen LogP) is 5.14. The van der Waals surface area contributed by atoms with Gasteiger partial charge in [0.1, 0.15) is 11.5 Å². The van der Waals surface area contributed by atoms with Crippen molar-refractivity contribution in [3.63, 3.8) is 0 Å². The summed E-state index contributed by atoms with van der Waals surface area (Å²) in [5.41, 5.74) is 5.07. The molecule has 0 aliphatic carbocycles. The van der Waals surface area contributed by atoms with Gasteiger partial charge in [-0.2, -0.15) is 5.10 Å². The molecule has 4 rings (SSSR count). The van der Waals surface area contributed by atoms with Crippen LogP contribution in [-0.2, 0) is 0 Å². The second-order valence-corrected chi connectivity index (χ2v) is 7.38. The van der Waals surface area contributed by atoms with Crippen LogP contribution in [0.5, 0.6) is 11.5 Å². The van der Waals surface area contributed by atoms with Crippen LogP contribution in [0.2, 0.25) is 0 Å². The number of nitrogens with zero attached hydrogens (tertiary/aromatic N) is 1. The van der Waals surface area contributed by atoms with Crippen molar-refractivity contribution in [3.8, 4) is 11.5 Å². The number of nitrogens with one attached hydrogen (secondary N) is 1. The molecule has 0 fully saturated rings. The van der Waals surface area contributed by atoms with Crippen molar-refractivity contribution < 1.29 is 19.1 Å². The van der Waals surface area contributed by atoms with Gasteiger partial charge in [-0.05, 0) is 60.2 Å². The van der Waals surface area contributed by atoms with Gasteiger partial charge in [0.15, 0.2) is 0 Å². The number of carbonyl (C=O) groups excluding carboxylic acids is 2. The highest BCUT2D eigenvalue weighted by atomic mass is 16.5. The van der Waals surface area contributed by atoms with E-state index >= 15 is 0 Å². The van der Waals surface area contributed by atoms with Gasteiger partial charge in [0.05, 0.1) is 18.9 Å². The van der Waals surface area contributed by atoms with E-state index in [-0.39, 0.29) is 5.91 Å². The number of esters is 1. The molecule has 0 aromatic heterocycles. The fourth-order valence-electron chi connectivity index (χ4n) is 3.31. The number of ether oxygens (including phenoxy) is 2. The lowest BCUT2D eigenvalue weighted by molar-refractivity contribution is 0.0734. The van der Waals surface area contributed by atoms with Gasteiger partial charge in [0.25, 0.3) is 5.91 Å². The number of aryl methyl sites for hydroxylation is 1. The minimum atomic E-state index is -0.508. The third-order valence-electron chi connectivity index (χ3n) is 5.13. The Bertz CT molecular complexity index is 1330. The third-order valence-corrected chi connectivity index (χ3v) is 5.13. The summed E-state index contributed by atoms with van der Waals surface area (Å²) in [6.45, 7) is 1.95. The lowest BCUT2D eigenvalue weighted by Gasteiger charge is -2.11. The molecule has 0 bridgehead atoms. The van der Waals surface area contributed by atoms with Crippen molar-refractivity contribution in [2.75, 3.05) is 7.11 Å². The molecule has 0 spiro atoms. The number of benzene rings is 4. The molecule has 0 unspecified atom stereocenters. The van der Waals surface area contributed by atoms with E-state index in [0.29, 0.717) is 28.2 Å². The average Bonchev–Trinajstić information content (AvgIpc) is 2.85. The number of carbonyl (C=O) groups is 2. The van der Waals surface area contributed by atoms with E-state index in [0.717, 1.165) is 16.3 Å². The first-order valence-electron chi connectivity index (χ1n) is 10.3. The van der Waals surface area contributed by atoms with Gasteiger partial charge in [-0.1, -0.05) is 48.0 Å². The molecule has 1 amide bonds.